The van der Waals surface area contributed by atoms with Gasteiger partial charge in [0.15, 0.2) is 5.82 Å². The summed E-state index contributed by atoms with van der Waals surface area (Å²) in [5.41, 5.74) is 6.64. The van der Waals surface area contributed by atoms with Crippen LogP contribution >= 0.6 is 0 Å². The molecular formula is C10H14N6O. The molecule has 0 unspecified atom stereocenters. The smallest absolute Gasteiger partial charge is 0.349 e. The van der Waals surface area contributed by atoms with Gasteiger partial charge in [-0.1, -0.05) is 6.92 Å². The van der Waals surface area contributed by atoms with Gasteiger partial charge in [-0.25, -0.2) is 4.79 Å². The third-order valence-corrected chi connectivity index (χ3v) is 2.40. The Balaban J connectivity index is 2.58. The molecule has 2 aromatic heterocycles. The highest BCUT2D eigenvalue weighted by atomic mass is 16.1. The van der Waals surface area contributed by atoms with Crippen LogP contribution in [0.1, 0.15) is 19.5 Å². The summed E-state index contributed by atoms with van der Waals surface area (Å²) in [4.78, 5) is 21.3. The highest BCUT2D eigenvalue weighted by Crippen LogP contribution is 2.16. The third kappa shape index (κ3) is 2.17. The Hall–Kier alpha value is -2.18. The topological polar surface area (TPSA) is 102 Å². The zero-order valence-electron chi connectivity index (χ0n) is 9.77. The molecule has 0 aromatic carbocycles. The first-order valence-electron chi connectivity index (χ1n) is 5.45. The van der Waals surface area contributed by atoms with Crippen LogP contribution < -0.4 is 11.4 Å². The lowest BCUT2D eigenvalue weighted by molar-refractivity contribution is 0.651. The van der Waals surface area contributed by atoms with E-state index in [0.29, 0.717) is 12.4 Å². The Kier molecular flexibility index (Phi) is 2.90. The number of H-pyrrole nitrogens is 1. The zero-order valence-corrected chi connectivity index (χ0v) is 9.77. The van der Waals surface area contributed by atoms with Crippen LogP contribution in [0.5, 0.6) is 0 Å². The van der Waals surface area contributed by atoms with Gasteiger partial charge in [0.25, 0.3) is 0 Å². The van der Waals surface area contributed by atoms with E-state index in [1.54, 1.807) is 4.68 Å². The van der Waals surface area contributed by atoms with Crippen LogP contribution in [0.4, 0.5) is 5.95 Å². The van der Waals surface area contributed by atoms with Gasteiger partial charge in [0, 0.05) is 6.54 Å². The molecule has 17 heavy (non-hydrogen) atoms. The Morgan fingerprint density at radius 1 is 1.41 bits per heavy atom. The highest BCUT2D eigenvalue weighted by Gasteiger charge is 2.11. The van der Waals surface area contributed by atoms with Crippen molar-refractivity contribution < 1.29 is 0 Å². The van der Waals surface area contributed by atoms with Crippen LogP contribution in [0.25, 0.3) is 11.5 Å². The largest absolute Gasteiger partial charge is 0.368 e. The predicted molar refractivity (Wildman–Crippen MR) is 63.3 cm³/mol. The number of aryl methyl sites for hydroxylation is 2. The standard InChI is InChI=1S/C10H14N6O/c1-3-6-5-7(16(4-2)15-6)8-12-9(11)14-10(17)13-8/h5H,3-4H2,1-2H3,(H3,11,12,13,14,17). The molecule has 0 saturated heterocycles. The third-order valence-electron chi connectivity index (χ3n) is 2.40. The second-order valence-corrected chi connectivity index (χ2v) is 3.55. The van der Waals surface area contributed by atoms with Crippen molar-refractivity contribution in [2.75, 3.05) is 5.73 Å². The molecule has 0 aliphatic carbocycles. The number of hydrogen-bond donors (Lipinski definition) is 2. The number of rotatable bonds is 3. The summed E-state index contributed by atoms with van der Waals surface area (Å²) in [5.74, 6) is 0.363. The van der Waals surface area contributed by atoms with Crippen molar-refractivity contribution in [1.29, 1.82) is 0 Å². The molecule has 2 aromatic rings. The van der Waals surface area contributed by atoms with Gasteiger partial charge in [0.05, 0.1) is 5.69 Å². The lowest BCUT2D eigenvalue weighted by Crippen LogP contribution is -2.16. The minimum Gasteiger partial charge on any atom is -0.368 e. The van der Waals surface area contributed by atoms with Crippen molar-refractivity contribution in [2.24, 2.45) is 0 Å². The minimum absolute atomic E-state index is 0.0364. The Labute approximate surface area is 97.7 Å². The second-order valence-electron chi connectivity index (χ2n) is 3.55. The molecule has 0 amide bonds. The molecule has 0 spiro atoms. The Bertz CT molecular complexity index is 585. The molecule has 0 aliphatic rings. The van der Waals surface area contributed by atoms with Crippen molar-refractivity contribution in [1.82, 2.24) is 24.7 Å². The summed E-state index contributed by atoms with van der Waals surface area (Å²) < 4.78 is 1.77. The lowest BCUT2D eigenvalue weighted by Gasteiger charge is -2.03. The first-order chi connectivity index (χ1) is 8.13. The van der Waals surface area contributed by atoms with E-state index < -0.39 is 5.69 Å². The number of nitrogens with one attached hydrogen (secondary N) is 1. The van der Waals surface area contributed by atoms with Gasteiger partial charge < -0.3 is 5.73 Å². The van der Waals surface area contributed by atoms with E-state index in [1.165, 1.54) is 0 Å². The fraction of sp³-hybridized carbons (Fsp3) is 0.400. The molecule has 0 bridgehead atoms. The summed E-state index contributed by atoms with van der Waals surface area (Å²) in [6.07, 6.45) is 0.824. The van der Waals surface area contributed by atoms with Crippen LogP contribution in [0, 0.1) is 0 Å². The van der Waals surface area contributed by atoms with Gasteiger partial charge in [-0.15, -0.1) is 0 Å². The van der Waals surface area contributed by atoms with Crippen LogP contribution in [-0.2, 0) is 13.0 Å². The molecule has 0 radical (unpaired) electrons. The van der Waals surface area contributed by atoms with Crippen molar-refractivity contribution in [2.45, 2.75) is 26.8 Å². The van der Waals surface area contributed by atoms with Crippen molar-refractivity contribution in [3.05, 3.63) is 22.2 Å². The maximum Gasteiger partial charge on any atom is 0.349 e. The van der Waals surface area contributed by atoms with Gasteiger partial charge in [-0.2, -0.15) is 15.1 Å². The molecule has 90 valence electrons. The lowest BCUT2D eigenvalue weighted by atomic mass is 10.3. The summed E-state index contributed by atoms with van der Waals surface area (Å²) >= 11 is 0. The van der Waals surface area contributed by atoms with E-state index in [-0.39, 0.29) is 5.95 Å². The molecule has 2 heterocycles. The van der Waals surface area contributed by atoms with E-state index in [9.17, 15) is 4.79 Å². The maximum atomic E-state index is 11.2. The Morgan fingerprint density at radius 3 is 2.76 bits per heavy atom. The van der Waals surface area contributed by atoms with Gasteiger partial charge in [0.1, 0.15) is 5.69 Å². The number of hydrogen-bond acceptors (Lipinski definition) is 5. The molecule has 0 atom stereocenters. The Morgan fingerprint density at radius 2 is 2.18 bits per heavy atom. The van der Waals surface area contributed by atoms with Gasteiger partial charge >= 0.3 is 5.69 Å². The van der Waals surface area contributed by atoms with Crippen LogP contribution in [0.2, 0.25) is 0 Å². The van der Waals surface area contributed by atoms with Gasteiger partial charge in [-0.3, -0.25) is 9.67 Å². The molecule has 7 nitrogen and oxygen atoms in total. The SMILES string of the molecule is CCc1cc(-c2nc(N)nc(=O)[nH]2)n(CC)n1. The van der Waals surface area contributed by atoms with Crippen LogP contribution in [-0.4, -0.2) is 24.7 Å². The van der Waals surface area contributed by atoms with E-state index in [4.69, 9.17) is 5.73 Å². The average molecular weight is 234 g/mol. The monoisotopic (exact) mass is 234 g/mol. The maximum absolute atomic E-state index is 11.2. The molecule has 0 saturated carbocycles. The molecule has 0 fully saturated rings. The summed E-state index contributed by atoms with van der Waals surface area (Å²) in [5, 5.41) is 4.38. The van der Waals surface area contributed by atoms with Crippen molar-refractivity contribution >= 4 is 5.95 Å². The number of nitrogens with zero attached hydrogens (tertiary/aromatic N) is 4. The van der Waals surface area contributed by atoms with E-state index in [2.05, 4.69) is 20.1 Å². The summed E-state index contributed by atoms with van der Waals surface area (Å²) in [7, 11) is 0. The predicted octanol–water partition coefficient (Wildman–Crippen LogP) is 0.193. The van der Waals surface area contributed by atoms with E-state index in [1.807, 2.05) is 19.9 Å². The quantitative estimate of drug-likeness (QED) is 0.789. The van der Waals surface area contributed by atoms with Crippen molar-refractivity contribution in [3.8, 4) is 11.5 Å². The fourth-order valence-corrected chi connectivity index (χ4v) is 1.60. The highest BCUT2D eigenvalue weighted by molar-refractivity contribution is 5.51. The fourth-order valence-electron chi connectivity index (χ4n) is 1.60. The number of aromatic amines is 1. The molecule has 0 aliphatic heterocycles. The average Bonchev–Trinajstić information content (AvgIpc) is 2.70. The zero-order chi connectivity index (χ0) is 12.4. The normalized spacial score (nSPS) is 10.7. The summed E-state index contributed by atoms with van der Waals surface area (Å²) in [6.45, 7) is 4.68. The van der Waals surface area contributed by atoms with Crippen molar-refractivity contribution in [3.63, 3.8) is 0 Å². The number of nitrogens with two attached hydrogens (primary N) is 1. The number of anilines is 1. The van der Waals surface area contributed by atoms with E-state index in [0.717, 1.165) is 17.8 Å². The van der Waals surface area contributed by atoms with Gasteiger partial charge in [-0.05, 0) is 19.4 Å². The first-order valence-corrected chi connectivity index (χ1v) is 5.45. The summed E-state index contributed by atoms with van der Waals surface area (Å²) in [6, 6.07) is 1.89. The second kappa shape index (κ2) is 4.36. The van der Waals surface area contributed by atoms with E-state index >= 15 is 0 Å². The molecule has 7 heteroatoms. The number of nitrogen functional groups attached to an aromatic ring is 1. The van der Waals surface area contributed by atoms with Crippen LogP contribution in [0.15, 0.2) is 10.9 Å². The first kappa shape index (κ1) is 11.3. The molecule has 2 rings (SSSR count). The molecular weight excluding hydrogens is 220 g/mol. The van der Waals surface area contributed by atoms with Crippen LogP contribution in [0.3, 0.4) is 0 Å². The van der Waals surface area contributed by atoms with Gasteiger partial charge in [0.2, 0.25) is 5.95 Å². The minimum atomic E-state index is -0.505. The molecule has 3 N–H and O–H groups in total. The number of aromatic nitrogens is 5.